The molecule has 6 nitrogen and oxygen atoms in total. The summed E-state index contributed by atoms with van der Waals surface area (Å²) in [5, 5.41) is 3.43. The molecule has 0 saturated carbocycles. The summed E-state index contributed by atoms with van der Waals surface area (Å²) >= 11 is 0. The Kier molecular flexibility index (Phi) is 6.15. The first kappa shape index (κ1) is 16.7. The third-order valence-electron chi connectivity index (χ3n) is 3.28. The van der Waals surface area contributed by atoms with Crippen LogP contribution >= 0.6 is 0 Å². The molecule has 2 rings (SSSR count). The summed E-state index contributed by atoms with van der Waals surface area (Å²) in [6.45, 7) is 9.87. The number of nitrogens with one attached hydrogen (secondary N) is 1. The third kappa shape index (κ3) is 5.61. The van der Waals surface area contributed by atoms with Gasteiger partial charge in [0.1, 0.15) is 6.17 Å². The first-order valence-electron chi connectivity index (χ1n) is 7.79. The van der Waals surface area contributed by atoms with Crippen molar-refractivity contribution in [2.45, 2.75) is 33.4 Å². The molecular weight excluding hydrogens is 278 g/mol. The van der Waals surface area contributed by atoms with Crippen LogP contribution in [0, 0.1) is 5.41 Å². The van der Waals surface area contributed by atoms with E-state index >= 15 is 0 Å². The average molecular weight is 305 g/mol. The predicted molar refractivity (Wildman–Crippen MR) is 86.6 cm³/mol. The Balaban J connectivity index is 1.70. The zero-order valence-corrected chi connectivity index (χ0v) is 13.8. The van der Waals surface area contributed by atoms with Crippen molar-refractivity contribution in [1.82, 2.24) is 24.4 Å². The molecule has 2 aromatic heterocycles. The van der Waals surface area contributed by atoms with Crippen LogP contribution in [0.3, 0.4) is 0 Å². The summed E-state index contributed by atoms with van der Waals surface area (Å²) in [6, 6.07) is 0. The van der Waals surface area contributed by atoms with Gasteiger partial charge in [0.15, 0.2) is 0 Å². The summed E-state index contributed by atoms with van der Waals surface area (Å²) in [5.74, 6) is 0. The molecule has 0 atom stereocenters. The van der Waals surface area contributed by atoms with Crippen molar-refractivity contribution >= 4 is 0 Å². The van der Waals surface area contributed by atoms with E-state index in [0.717, 1.165) is 32.7 Å². The Labute approximate surface area is 132 Å². The van der Waals surface area contributed by atoms with E-state index in [4.69, 9.17) is 4.74 Å². The van der Waals surface area contributed by atoms with Crippen LogP contribution in [0.5, 0.6) is 0 Å². The Morgan fingerprint density at radius 2 is 1.68 bits per heavy atom. The van der Waals surface area contributed by atoms with E-state index in [-0.39, 0.29) is 11.6 Å². The van der Waals surface area contributed by atoms with Gasteiger partial charge in [0.25, 0.3) is 0 Å². The molecule has 0 spiro atoms. The van der Waals surface area contributed by atoms with Gasteiger partial charge in [-0.3, -0.25) is 0 Å². The molecule has 0 aromatic carbocycles. The van der Waals surface area contributed by atoms with Crippen molar-refractivity contribution in [3.63, 3.8) is 0 Å². The molecular formula is C16H27N5O. The number of rotatable bonds is 9. The standard InChI is InChI=1S/C16H27N5O/c1-16(2,3)12-22-11-8-17-5-4-15(20-9-6-18-13-20)21-10-7-19-14-21/h6-7,9-10,13-15,17H,4-5,8,11-12H2,1-3H3. The lowest BCUT2D eigenvalue weighted by molar-refractivity contribution is 0.0729. The van der Waals surface area contributed by atoms with Gasteiger partial charge in [0, 0.05) is 31.3 Å². The third-order valence-corrected chi connectivity index (χ3v) is 3.28. The normalized spacial score (nSPS) is 12.2. The lowest BCUT2D eigenvalue weighted by atomic mass is 9.99. The number of aromatic nitrogens is 4. The molecule has 2 aromatic rings. The fourth-order valence-corrected chi connectivity index (χ4v) is 2.22. The fourth-order valence-electron chi connectivity index (χ4n) is 2.22. The van der Waals surface area contributed by atoms with Crippen LogP contribution in [0.1, 0.15) is 33.4 Å². The number of hydrogen-bond donors (Lipinski definition) is 1. The highest BCUT2D eigenvalue weighted by Crippen LogP contribution is 2.13. The van der Waals surface area contributed by atoms with E-state index in [2.05, 4.69) is 45.2 Å². The van der Waals surface area contributed by atoms with Gasteiger partial charge in [0.05, 0.1) is 25.9 Å². The SMILES string of the molecule is CC(C)(C)COCCNCCC(n1ccnc1)n1ccnc1. The van der Waals surface area contributed by atoms with E-state index in [1.807, 2.05) is 25.0 Å². The second kappa shape index (κ2) is 8.10. The van der Waals surface area contributed by atoms with Gasteiger partial charge in [-0.2, -0.15) is 0 Å². The van der Waals surface area contributed by atoms with Gasteiger partial charge in [-0.05, 0) is 18.4 Å². The fraction of sp³-hybridized carbons (Fsp3) is 0.625. The van der Waals surface area contributed by atoms with Crippen LogP contribution in [-0.2, 0) is 4.74 Å². The van der Waals surface area contributed by atoms with Crippen molar-refractivity contribution in [3.05, 3.63) is 37.4 Å². The highest BCUT2D eigenvalue weighted by Gasteiger charge is 2.12. The molecule has 0 aliphatic carbocycles. The number of hydrogen-bond acceptors (Lipinski definition) is 4. The minimum Gasteiger partial charge on any atom is -0.380 e. The molecule has 2 heterocycles. The smallest absolute Gasteiger partial charge is 0.113 e. The summed E-state index contributed by atoms with van der Waals surface area (Å²) in [7, 11) is 0. The number of imidazole rings is 2. The molecule has 122 valence electrons. The minimum absolute atomic E-state index is 0.202. The van der Waals surface area contributed by atoms with Crippen molar-refractivity contribution in [3.8, 4) is 0 Å². The second-order valence-electron chi connectivity index (χ2n) is 6.65. The predicted octanol–water partition coefficient (Wildman–Crippen LogP) is 2.17. The molecule has 0 amide bonds. The molecule has 1 N–H and O–H groups in total. The highest BCUT2D eigenvalue weighted by molar-refractivity contribution is 4.86. The molecule has 0 unspecified atom stereocenters. The molecule has 0 aliphatic rings. The van der Waals surface area contributed by atoms with Crippen LogP contribution < -0.4 is 5.32 Å². The topological polar surface area (TPSA) is 56.9 Å². The van der Waals surface area contributed by atoms with Crippen molar-refractivity contribution in [2.75, 3.05) is 26.3 Å². The zero-order valence-electron chi connectivity index (χ0n) is 13.8. The van der Waals surface area contributed by atoms with Crippen molar-refractivity contribution in [1.29, 1.82) is 0 Å². The van der Waals surface area contributed by atoms with Gasteiger partial charge < -0.3 is 19.2 Å². The van der Waals surface area contributed by atoms with Gasteiger partial charge in [0.2, 0.25) is 0 Å². The molecule has 0 bridgehead atoms. The van der Waals surface area contributed by atoms with Crippen LogP contribution in [0.25, 0.3) is 0 Å². The minimum atomic E-state index is 0.202. The van der Waals surface area contributed by atoms with Crippen molar-refractivity contribution in [2.24, 2.45) is 5.41 Å². The Morgan fingerprint density at radius 3 is 2.18 bits per heavy atom. The molecule has 6 heteroatoms. The molecule has 0 radical (unpaired) electrons. The maximum atomic E-state index is 5.66. The van der Waals surface area contributed by atoms with Gasteiger partial charge in [-0.15, -0.1) is 0 Å². The molecule has 22 heavy (non-hydrogen) atoms. The Bertz CT molecular complexity index is 467. The van der Waals surface area contributed by atoms with Gasteiger partial charge in [-0.1, -0.05) is 20.8 Å². The lowest BCUT2D eigenvalue weighted by Gasteiger charge is -2.20. The monoisotopic (exact) mass is 305 g/mol. The number of ether oxygens (including phenoxy) is 1. The van der Waals surface area contributed by atoms with E-state index in [9.17, 15) is 0 Å². The summed E-state index contributed by atoms with van der Waals surface area (Å²) in [4.78, 5) is 8.27. The first-order valence-corrected chi connectivity index (χ1v) is 7.79. The van der Waals surface area contributed by atoms with Gasteiger partial charge in [-0.25, -0.2) is 9.97 Å². The van der Waals surface area contributed by atoms with Crippen LogP contribution in [0.4, 0.5) is 0 Å². The second-order valence-corrected chi connectivity index (χ2v) is 6.65. The highest BCUT2D eigenvalue weighted by atomic mass is 16.5. The van der Waals surface area contributed by atoms with E-state index in [0.29, 0.717) is 0 Å². The zero-order chi connectivity index (χ0) is 15.8. The van der Waals surface area contributed by atoms with Gasteiger partial charge >= 0.3 is 0 Å². The van der Waals surface area contributed by atoms with Crippen LogP contribution in [-0.4, -0.2) is 45.4 Å². The quantitative estimate of drug-likeness (QED) is 0.721. The average Bonchev–Trinajstić information content (AvgIpc) is 3.13. The molecule has 0 aliphatic heterocycles. The maximum absolute atomic E-state index is 5.66. The van der Waals surface area contributed by atoms with Crippen LogP contribution in [0.15, 0.2) is 37.4 Å². The van der Waals surface area contributed by atoms with Crippen LogP contribution in [0.2, 0.25) is 0 Å². The first-order chi connectivity index (χ1) is 10.6. The van der Waals surface area contributed by atoms with E-state index < -0.39 is 0 Å². The Morgan fingerprint density at radius 1 is 1.05 bits per heavy atom. The summed E-state index contributed by atoms with van der Waals surface area (Å²) in [5.41, 5.74) is 0.230. The largest absolute Gasteiger partial charge is 0.380 e. The maximum Gasteiger partial charge on any atom is 0.113 e. The summed E-state index contributed by atoms with van der Waals surface area (Å²) in [6.07, 6.45) is 12.4. The number of nitrogens with zero attached hydrogens (tertiary/aromatic N) is 4. The molecule has 0 fully saturated rings. The Hall–Kier alpha value is -1.66. The van der Waals surface area contributed by atoms with E-state index in [1.165, 1.54) is 0 Å². The van der Waals surface area contributed by atoms with E-state index in [1.54, 1.807) is 12.4 Å². The summed E-state index contributed by atoms with van der Waals surface area (Å²) < 4.78 is 9.85. The van der Waals surface area contributed by atoms with Crippen molar-refractivity contribution < 1.29 is 4.74 Å². The lowest BCUT2D eigenvalue weighted by Crippen LogP contribution is -2.27. The molecule has 0 saturated heterocycles.